The second kappa shape index (κ2) is 9.94. The number of nitrogens with one attached hydrogen (secondary N) is 2. The smallest absolute Gasteiger partial charge is 0.338 e. The van der Waals surface area contributed by atoms with Gasteiger partial charge in [-0.05, 0) is 43.7 Å². The first-order chi connectivity index (χ1) is 14.8. The van der Waals surface area contributed by atoms with E-state index in [4.69, 9.17) is 37.4 Å². The van der Waals surface area contributed by atoms with Gasteiger partial charge in [-0.1, -0.05) is 35.3 Å². The van der Waals surface area contributed by atoms with Gasteiger partial charge in [0.1, 0.15) is 6.61 Å². The Kier molecular flexibility index (Phi) is 7.30. The number of carbonyl (C=O) groups excluding carboxylic acids is 2. The van der Waals surface area contributed by atoms with Gasteiger partial charge >= 0.3 is 12.0 Å². The van der Waals surface area contributed by atoms with Crippen LogP contribution in [0.2, 0.25) is 10.0 Å². The van der Waals surface area contributed by atoms with Gasteiger partial charge in [-0.3, -0.25) is 0 Å². The maximum atomic E-state index is 12.5. The van der Waals surface area contributed by atoms with E-state index < -0.39 is 18.0 Å². The minimum absolute atomic E-state index is 0.211. The van der Waals surface area contributed by atoms with Crippen LogP contribution in [0.25, 0.3) is 0 Å². The first-order valence-corrected chi connectivity index (χ1v) is 10.3. The number of benzene rings is 2. The lowest BCUT2D eigenvalue weighted by Crippen LogP contribution is -2.45. The highest BCUT2D eigenvalue weighted by atomic mass is 35.5. The Bertz CT molecular complexity index is 1040. The van der Waals surface area contributed by atoms with Crippen molar-refractivity contribution >= 4 is 35.2 Å². The maximum absolute atomic E-state index is 12.5. The molecule has 0 aromatic heterocycles. The maximum Gasteiger partial charge on any atom is 0.338 e. The molecule has 0 fully saturated rings. The number of allylic oxidation sites excluding steroid dienone is 1. The normalized spacial score (nSPS) is 15.8. The Morgan fingerprint density at radius 2 is 1.90 bits per heavy atom. The fraction of sp³-hybridized carbons (Fsp3) is 0.273. The predicted octanol–water partition coefficient (Wildman–Crippen LogP) is 4.77. The van der Waals surface area contributed by atoms with Crippen molar-refractivity contribution in [3.05, 3.63) is 68.8 Å². The number of carbonyl (C=O) groups is 2. The molecule has 1 aliphatic rings. The van der Waals surface area contributed by atoms with E-state index in [-0.39, 0.29) is 13.2 Å². The molecule has 7 nitrogen and oxygen atoms in total. The first-order valence-electron chi connectivity index (χ1n) is 9.54. The van der Waals surface area contributed by atoms with Crippen LogP contribution < -0.4 is 20.1 Å². The largest absolute Gasteiger partial charge is 0.493 e. The van der Waals surface area contributed by atoms with Gasteiger partial charge in [0, 0.05) is 21.3 Å². The SMILES string of the molecule is CCOC(=O)C1=C(C)NC(=O)NC1c1ccc(OCc2ccc(Cl)cc2Cl)c(OC)c1. The summed E-state index contributed by atoms with van der Waals surface area (Å²) >= 11 is 12.1. The molecule has 3 rings (SSSR count). The Balaban J connectivity index is 1.88. The van der Waals surface area contributed by atoms with Crippen molar-refractivity contribution < 1.29 is 23.8 Å². The van der Waals surface area contributed by atoms with Crippen molar-refractivity contribution in [3.63, 3.8) is 0 Å². The molecule has 2 N–H and O–H groups in total. The van der Waals surface area contributed by atoms with Crippen LogP contribution in [0.15, 0.2) is 47.7 Å². The van der Waals surface area contributed by atoms with Gasteiger partial charge in [0.25, 0.3) is 0 Å². The quantitative estimate of drug-likeness (QED) is 0.576. The number of urea groups is 1. The average molecular weight is 465 g/mol. The molecule has 0 bridgehead atoms. The molecule has 0 saturated heterocycles. The molecule has 0 radical (unpaired) electrons. The van der Waals surface area contributed by atoms with Gasteiger partial charge in [0.2, 0.25) is 0 Å². The topological polar surface area (TPSA) is 85.9 Å². The van der Waals surface area contributed by atoms with Crippen molar-refractivity contribution in [1.29, 1.82) is 0 Å². The summed E-state index contributed by atoms with van der Waals surface area (Å²) in [7, 11) is 1.51. The highest BCUT2D eigenvalue weighted by Crippen LogP contribution is 2.35. The molecule has 1 unspecified atom stereocenters. The van der Waals surface area contributed by atoms with Crippen molar-refractivity contribution in [2.45, 2.75) is 26.5 Å². The van der Waals surface area contributed by atoms with E-state index in [1.807, 2.05) is 0 Å². The molecule has 0 spiro atoms. The molecule has 2 aromatic rings. The number of hydrogen-bond acceptors (Lipinski definition) is 5. The molecule has 0 aliphatic carbocycles. The van der Waals surface area contributed by atoms with Crippen LogP contribution in [-0.2, 0) is 16.1 Å². The Labute approximate surface area is 190 Å². The molecule has 0 saturated carbocycles. The zero-order valence-electron chi connectivity index (χ0n) is 17.3. The number of esters is 1. The Morgan fingerprint density at radius 3 is 2.58 bits per heavy atom. The molecule has 1 aliphatic heterocycles. The third-order valence-electron chi connectivity index (χ3n) is 4.68. The van der Waals surface area contributed by atoms with Crippen LogP contribution in [0, 0.1) is 0 Å². The lowest BCUT2D eigenvalue weighted by molar-refractivity contribution is -0.139. The number of ether oxygens (including phenoxy) is 3. The van der Waals surface area contributed by atoms with Gasteiger partial charge in [0.15, 0.2) is 11.5 Å². The van der Waals surface area contributed by atoms with Gasteiger partial charge in [0.05, 0.1) is 25.3 Å². The monoisotopic (exact) mass is 464 g/mol. The zero-order valence-corrected chi connectivity index (χ0v) is 18.8. The molecule has 9 heteroatoms. The van der Waals surface area contributed by atoms with E-state index in [1.165, 1.54) is 7.11 Å². The molecule has 1 heterocycles. The molecular weight excluding hydrogens is 443 g/mol. The second-order valence-electron chi connectivity index (χ2n) is 6.73. The van der Waals surface area contributed by atoms with E-state index in [0.717, 1.165) is 5.56 Å². The standard InChI is InChI=1S/C22H22Cl2N2O5/c1-4-30-21(27)19-12(2)25-22(28)26-20(19)13-6-8-17(18(9-13)29-3)31-11-14-5-7-15(23)10-16(14)24/h5-10,20H,4,11H2,1-3H3,(H2,25,26,28). The average Bonchev–Trinajstić information content (AvgIpc) is 2.72. The summed E-state index contributed by atoms with van der Waals surface area (Å²) in [6, 6.07) is 9.24. The van der Waals surface area contributed by atoms with Crippen molar-refractivity contribution in [1.82, 2.24) is 10.6 Å². The van der Waals surface area contributed by atoms with Crippen LogP contribution >= 0.6 is 23.2 Å². The van der Waals surface area contributed by atoms with Gasteiger partial charge in [-0.25, -0.2) is 9.59 Å². The zero-order chi connectivity index (χ0) is 22.5. The number of hydrogen-bond donors (Lipinski definition) is 2. The van der Waals surface area contributed by atoms with E-state index in [1.54, 1.807) is 50.2 Å². The molecule has 164 valence electrons. The van der Waals surface area contributed by atoms with Crippen molar-refractivity contribution in [2.24, 2.45) is 0 Å². The number of rotatable bonds is 7. The fourth-order valence-electron chi connectivity index (χ4n) is 3.20. The van der Waals surface area contributed by atoms with Crippen LogP contribution in [-0.4, -0.2) is 25.7 Å². The number of amides is 2. The summed E-state index contributed by atoms with van der Waals surface area (Å²) < 4.78 is 16.5. The minimum Gasteiger partial charge on any atom is -0.493 e. The van der Waals surface area contributed by atoms with Crippen LogP contribution in [0.1, 0.15) is 31.0 Å². The van der Waals surface area contributed by atoms with Crippen LogP contribution in [0.3, 0.4) is 0 Å². The molecule has 2 amide bonds. The summed E-state index contributed by atoms with van der Waals surface area (Å²) in [5.41, 5.74) is 2.17. The lowest BCUT2D eigenvalue weighted by atomic mass is 9.95. The molecule has 1 atom stereocenters. The molecule has 31 heavy (non-hydrogen) atoms. The second-order valence-corrected chi connectivity index (χ2v) is 7.57. The Morgan fingerprint density at radius 1 is 1.13 bits per heavy atom. The first kappa shape index (κ1) is 22.8. The summed E-state index contributed by atoms with van der Waals surface area (Å²) in [5, 5.41) is 6.41. The summed E-state index contributed by atoms with van der Waals surface area (Å²) in [6.07, 6.45) is 0. The fourth-order valence-corrected chi connectivity index (χ4v) is 3.66. The summed E-state index contributed by atoms with van der Waals surface area (Å²) in [5.74, 6) is 0.418. The Hall–Kier alpha value is -2.90. The summed E-state index contributed by atoms with van der Waals surface area (Å²) in [4.78, 5) is 24.5. The highest BCUT2D eigenvalue weighted by molar-refractivity contribution is 6.35. The minimum atomic E-state index is -0.693. The van der Waals surface area contributed by atoms with Gasteiger partial charge in [-0.15, -0.1) is 0 Å². The van der Waals surface area contributed by atoms with E-state index in [0.29, 0.717) is 38.4 Å². The number of methoxy groups -OCH3 is 1. The lowest BCUT2D eigenvalue weighted by Gasteiger charge is -2.28. The van der Waals surface area contributed by atoms with Gasteiger partial charge < -0.3 is 24.8 Å². The predicted molar refractivity (Wildman–Crippen MR) is 118 cm³/mol. The van der Waals surface area contributed by atoms with Crippen molar-refractivity contribution in [2.75, 3.05) is 13.7 Å². The van der Waals surface area contributed by atoms with Crippen LogP contribution in [0.4, 0.5) is 4.79 Å². The van der Waals surface area contributed by atoms with E-state index >= 15 is 0 Å². The van der Waals surface area contributed by atoms with Gasteiger partial charge in [-0.2, -0.15) is 0 Å². The molecule has 2 aromatic carbocycles. The van der Waals surface area contributed by atoms with Crippen LogP contribution in [0.5, 0.6) is 11.5 Å². The summed E-state index contributed by atoms with van der Waals surface area (Å²) in [6.45, 7) is 3.81. The van der Waals surface area contributed by atoms with Crippen molar-refractivity contribution in [3.8, 4) is 11.5 Å². The highest BCUT2D eigenvalue weighted by Gasteiger charge is 2.32. The third-order valence-corrected chi connectivity index (χ3v) is 5.27. The van der Waals surface area contributed by atoms with E-state index in [2.05, 4.69) is 10.6 Å². The number of halogens is 2. The molecular formula is C22H22Cl2N2O5. The van der Waals surface area contributed by atoms with E-state index in [9.17, 15) is 9.59 Å². The third kappa shape index (κ3) is 5.24.